The van der Waals surface area contributed by atoms with Gasteiger partial charge in [0.1, 0.15) is 6.21 Å². The van der Waals surface area contributed by atoms with Crippen LogP contribution in [0, 0.1) is 5.92 Å². The summed E-state index contributed by atoms with van der Waals surface area (Å²) in [6.45, 7) is 2.27. The first kappa shape index (κ1) is 16.2. The van der Waals surface area contributed by atoms with Gasteiger partial charge in [-0.2, -0.15) is 0 Å². The molecule has 0 saturated carbocycles. The van der Waals surface area contributed by atoms with Crippen molar-refractivity contribution in [2.24, 2.45) is 10.9 Å². The van der Waals surface area contributed by atoms with Gasteiger partial charge in [0.15, 0.2) is 0 Å². The summed E-state index contributed by atoms with van der Waals surface area (Å²) in [4.78, 5) is 15.3. The first-order valence-corrected chi connectivity index (χ1v) is 9.11. The zero-order chi connectivity index (χ0) is 16.1. The highest BCUT2D eigenvalue weighted by Gasteiger charge is 2.25. The van der Waals surface area contributed by atoms with E-state index in [4.69, 9.17) is 4.74 Å². The van der Waals surface area contributed by atoms with Crippen molar-refractivity contribution in [2.45, 2.75) is 70.9 Å². The van der Waals surface area contributed by atoms with Gasteiger partial charge in [-0.1, -0.05) is 57.6 Å². The molecule has 2 unspecified atom stereocenters. The lowest BCUT2D eigenvalue weighted by Gasteiger charge is -2.09. The fraction of sp³-hybridized carbons (Fsp3) is 0.600. The number of rotatable bonds is 8. The number of aliphatic imine (C=N–C) groups is 1. The van der Waals surface area contributed by atoms with Crippen molar-refractivity contribution in [3.8, 4) is 0 Å². The van der Waals surface area contributed by atoms with Gasteiger partial charge in [0.25, 0.3) is 0 Å². The van der Waals surface area contributed by atoms with Gasteiger partial charge in [-0.05, 0) is 42.4 Å². The number of fused-ring (bicyclic) bond motifs is 1. The van der Waals surface area contributed by atoms with E-state index in [2.05, 4.69) is 30.1 Å². The highest BCUT2D eigenvalue weighted by Crippen LogP contribution is 2.33. The molecule has 2 atom stereocenters. The van der Waals surface area contributed by atoms with E-state index in [1.54, 1.807) is 0 Å². The van der Waals surface area contributed by atoms with E-state index in [1.807, 2.05) is 0 Å². The Bertz CT molecular complexity index is 579. The normalized spacial score (nSPS) is 22.4. The van der Waals surface area contributed by atoms with Crippen LogP contribution in [-0.2, 0) is 22.4 Å². The minimum Gasteiger partial charge on any atom is -0.431 e. The first-order chi connectivity index (χ1) is 11.3. The molecule has 3 nitrogen and oxygen atoms in total. The average molecular weight is 313 g/mol. The van der Waals surface area contributed by atoms with Crippen LogP contribution >= 0.6 is 0 Å². The molecular weight excluding hydrogens is 286 g/mol. The maximum atomic E-state index is 11.2. The predicted octanol–water partition coefficient (Wildman–Crippen LogP) is 4.78. The summed E-state index contributed by atoms with van der Waals surface area (Å²) in [6.07, 6.45) is 12.8. The number of ether oxygens (including phenoxy) is 1. The van der Waals surface area contributed by atoms with E-state index in [0.717, 1.165) is 11.5 Å². The smallest absolute Gasteiger partial charge is 0.351 e. The molecule has 124 valence electrons. The quantitative estimate of drug-likeness (QED) is 0.512. The average Bonchev–Trinajstić information content (AvgIpc) is 3.15. The van der Waals surface area contributed by atoms with E-state index >= 15 is 0 Å². The van der Waals surface area contributed by atoms with E-state index in [-0.39, 0.29) is 5.97 Å². The summed E-state index contributed by atoms with van der Waals surface area (Å²) in [5, 5.41) is 0. The molecule has 0 saturated heterocycles. The van der Waals surface area contributed by atoms with Gasteiger partial charge < -0.3 is 4.74 Å². The van der Waals surface area contributed by atoms with Crippen molar-refractivity contribution in [1.82, 2.24) is 0 Å². The lowest BCUT2D eigenvalue weighted by atomic mass is 9.97. The minimum atomic E-state index is -0.426. The Morgan fingerprint density at radius 3 is 2.65 bits per heavy atom. The predicted molar refractivity (Wildman–Crippen MR) is 92.7 cm³/mol. The number of benzene rings is 1. The number of unbranched alkanes of at least 4 members (excludes halogenated alkanes) is 5. The number of hydrogen-bond donors (Lipinski definition) is 0. The van der Waals surface area contributed by atoms with Crippen LogP contribution < -0.4 is 0 Å². The van der Waals surface area contributed by atoms with Crippen molar-refractivity contribution in [1.29, 1.82) is 0 Å². The molecular formula is C20H27NO2. The van der Waals surface area contributed by atoms with Crippen LogP contribution in [0.4, 0.5) is 0 Å². The Hall–Kier alpha value is -1.64. The van der Waals surface area contributed by atoms with Crippen LogP contribution in [-0.4, -0.2) is 12.2 Å². The number of esters is 1. The van der Waals surface area contributed by atoms with E-state index in [1.165, 1.54) is 75.1 Å². The number of nitrogens with zero attached hydrogens (tertiary/aromatic N) is 1. The van der Waals surface area contributed by atoms with Gasteiger partial charge in [0.2, 0.25) is 6.23 Å². The fourth-order valence-electron chi connectivity index (χ4n) is 3.75. The molecule has 2 aliphatic rings. The molecule has 1 aliphatic carbocycles. The number of carbonyl (C=O) groups is 1. The molecule has 1 aromatic rings. The molecule has 3 heteroatoms. The second-order valence-corrected chi connectivity index (χ2v) is 6.93. The van der Waals surface area contributed by atoms with Crippen LogP contribution in [0.1, 0.15) is 74.8 Å². The van der Waals surface area contributed by atoms with Gasteiger partial charge in [-0.25, -0.2) is 9.79 Å². The molecule has 1 aromatic carbocycles. The van der Waals surface area contributed by atoms with Crippen LogP contribution in [0.25, 0.3) is 0 Å². The second kappa shape index (κ2) is 7.76. The molecule has 0 aromatic heterocycles. The van der Waals surface area contributed by atoms with Gasteiger partial charge in [0, 0.05) is 5.56 Å². The molecule has 0 fully saturated rings. The lowest BCUT2D eigenvalue weighted by molar-refractivity contribution is -0.137. The first-order valence-electron chi connectivity index (χ1n) is 9.11. The Morgan fingerprint density at radius 1 is 1.09 bits per heavy atom. The molecule has 1 heterocycles. The van der Waals surface area contributed by atoms with Crippen molar-refractivity contribution >= 4 is 12.2 Å². The molecule has 3 rings (SSSR count). The monoisotopic (exact) mass is 313 g/mol. The Morgan fingerprint density at radius 2 is 1.87 bits per heavy atom. The number of carbonyl (C=O) groups excluding carboxylic acids is 1. The lowest BCUT2D eigenvalue weighted by Crippen LogP contribution is -2.01. The zero-order valence-electron chi connectivity index (χ0n) is 14.1. The fourth-order valence-corrected chi connectivity index (χ4v) is 3.75. The SMILES string of the molecule is CCCCCCCCC1Cc2ccc(C3N=CC(=O)O3)cc2C1. The van der Waals surface area contributed by atoms with Crippen molar-refractivity contribution in [3.63, 3.8) is 0 Å². The molecule has 1 aliphatic heterocycles. The summed E-state index contributed by atoms with van der Waals surface area (Å²) >= 11 is 0. The molecule has 0 bridgehead atoms. The van der Waals surface area contributed by atoms with Crippen molar-refractivity contribution in [2.75, 3.05) is 0 Å². The highest BCUT2D eigenvalue weighted by molar-refractivity contribution is 6.24. The highest BCUT2D eigenvalue weighted by atomic mass is 16.6. The van der Waals surface area contributed by atoms with Gasteiger partial charge in [-0.15, -0.1) is 0 Å². The van der Waals surface area contributed by atoms with E-state index in [0.29, 0.717) is 0 Å². The molecule has 0 radical (unpaired) electrons. The standard InChI is InChI=1S/C20H27NO2/c1-2-3-4-5-6-7-8-15-11-16-9-10-17(13-18(16)12-15)20-21-14-19(22)23-20/h9-10,13-15,20H,2-8,11-12H2,1H3. The minimum absolute atomic E-state index is 0.337. The van der Waals surface area contributed by atoms with E-state index < -0.39 is 6.23 Å². The molecule has 0 N–H and O–H groups in total. The summed E-state index contributed by atoms with van der Waals surface area (Å²) in [6, 6.07) is 6.46. The van der Waals surface area contributed by atoms with Crippen LogP contribution in [0.15, 0.2) is 23.2 Å². The van der Waals surface area contributed by atoms with Crippen LogP contribution in [0.5, 0.6) is 0 Å². The third-order valence-corrected chi connectivity index (χ3v) is 5.04. The maximum absolute atomic E-state index is 11.2. The van der Waals surface area contributed by atoms with Crippen molar-refractivity contribution in [3.05, 3.63) is 34.9 Å². The van der Waals surface area contributed by atoms with Crippen molar-refractivity contribution < 1.29 is 9.53 Å². The Labute approximate surface area is 139 Å². The largest absolute Gasteiger partial charge is 0.431 e. The summed E-state index contributed by atoms with van der Waals surface area (Å²) in [7, 11) is 0. The number of cyclic esters (lactones) is 1. The molecule has 23 heavy (non-hydrogen) atoms. The topological polar surface area (TPSA) is 38.7 Å². The summed E-state index contributed by atoms with van der Waals surface area (Å²) in [5.41, 5.74) is 3.90. The number of hydrogen-bond acceptors (Lipinski definition) is 3. The summed E-state index contributed by atoms with van der Waals surface area (Å²) in [5.74, 6) is 0.456. The van der Waals surface area contributed by atoms with E-state index in [9.17, 15) is 4.79 Å². The van der Waals surface area contributed by atoms with Gasteiger partial charge in [0.05, 0.1) is 0 Å². The summed E-state index contributed by atoms with van der Waals surface area (Å²) < 4.78 is 5.18. The zero-order valence-corrected chi connectivity index (χ0v) is 14.1. The van der Waals surface area contributed by atoms with Gasteiger partial charge in [-0.3, -0.25) is 0 Å². The van der Waals surface area contributed by atoms with Crippen LogP contribution in [0.2, 0.25) is 0 Å². The van der Waals surface area contributed by atoms with Crippen LogP contribution in [0.3, 0.4) is 0 Å². The Balaban J connectivity index is 1.47. The maximum Gasteiger partial charge on any atom is 0.351 e. The molecule has 0 spiro atoms. The molecule has 0 amide bonds. The third kappa shape index (κ3) is 4.21. The second-order valence-electron chi connectivity index (χ2n) is 6.93. The third-order valence-electron chi connectivity index (χ3n) is 5.04. The Kier molecular flexibility index (Phi) is 5.47. The van der Waals surface area contributed by atoms with Gasteiger partial charge >= 0.3 is 5.97 Å².